The van der Waals surface area contributed by atoms with Crippen LogP contribution in [-0.2, 0) is 16.6 Å². The molecule has 0 saturated carbocycles. The molecule has 0 spiro atoms. The Morgan fingerprint density at radius 1 is 1.33 bits per heavy atom. The zero-order valence-corrected chi connectivity index (χ0v) is 13.4. The Balaban J connectivity index is 2.42. The number of sulfonamides is 1. The molecule has 2 aromatic rings. The molecule has 0 amide bonds. The third-order valence-electron chi connectivity index (χ3n) is 3.03. The van der Waals surface area contributed by atoms with E-state index in [2.05, 4.69) is 9.71 Å². The Morgan fingerprint density at radius 2 is 2.00 bits per heavy atom. The predicted octanol–water partition coefficient (Wildman–Crippen LogP) is 2.50. The number of anilines is 1. The first-order chi connectivity index (χ1) is 9.74. The maximum atomic E-state index is 13.7. The molecule has 1 heterocycles. The number of aliphatic hydroxyl groups is 1. The zero-order valence-electron chi connectivity index (χ0n) is 11.8. The Kier molecular flexibility index (Phi) is 4.31. The average Bonchev–Trinajstić information content (AvgIpc) is 2.70. The second kappa shape index (κ2) is 5.70. The number of aliphatic hydroxyl groups excluding tert-OH is 1. The van der Waals surface area contributed by atoms with E-state index in [1.54, 1.807) is 6.92 Å². The fraction of sp³-hybridized carbons (Fsp3) is 0.308. The third kappa shape index (κ3) is 3.22. The summed E-state index contributed by atoms with van der Waals surface area (Å²) in [4.78, 5) is 4.92. The first kappa shape index (κ1) is 15.9. The van der Waals surface area contributed by atoms with Gasteiger partial charge in [-0.2, -0.15) is 0 Å². The monoisotopic (exact) mass is 330 g/mol. The fourth-order valence-electron chi connectivity index (χ4n) is 1.77. The van der Waals surface area contributed by atoms with Crippen molar-refractivity contribution in [3.05, 3.63) is 39.6 Å². The van der Waals surface area contributed by atoms with Gasteiger partial charge in [0.15, 0.2) is 5.13 Å². The molecule has 2 N–H and O–H groups in total. The summed E-state index contributed by atoms with van der Waals surface area (Å²) < 4.78 is 40.6. The lowest BCUT2D eigenvalue weighted by atomic mass is 10.1. The van der Waals surface area contributed by atoms with Crippen molar-refractivity contribution in [2.75, 3.05) is 4.72 Å². The van der Waals surface area contributed by atoms with Crippen LogP contribution in [0, 0.1) is 26.6 Å². The normalized spacial score (nSPS) is 11.7. The molecular weight excluding hydrogens is 315 g/mol. The number of halogens is 1. The van der Waals surface area contributed by atoms with Gasteiger partial charge in [0.1, 0.15) is 5.82 Å². The number of nitrogens with zero attached hydrogens (tertiary/aromatic N) is 1. The highest BCUT2D eigenvalue weighted by Gasteiger charge is 2.20. The van der Waals surface area contributed by atoms with Gasteiger partial charge in [-0.15, -0.1) is 11.3 Å². The molecule has 1 aromatic heterocycles. The van der Waals surface area contributed by atoms with Crippen molar-refractivity contribution in [1.29, 1.82) is 0 Å². The molecule has 114 valence electrons. The van der Waals surface area contributed by atoms with E-state index >= 15 is 0 Å². The molecule has 0 aliphatic rings. The standard InChI is InChI=1S/C13H15FN2O3S2/c1-7-4-11(5-10(6-17)12(7)14)21(18,19)16-13-15-8(2)9(3)20-13/h4-5,17H,6H2,1-3H3,(H,15,16). The lowest BCUT2D eigenvalue weighted by molar-refractivity contribution is 0.275. The summed E-state index contributed by atoms with van der Waals surface area (Å²) in [5.41, 5.74) is 0.860. The Morgan fingerprint density at radius 3 is 2.52 bits per heavy atom. The van der Waals surface area contributed by atoms with E-state index in [0.29, 0.717) is 0 Å². The van der Waals surface area contributed by atoms with E-state index in [9.17, 15) is 12.8 Å². The molecule has 0 aliphatic heterocycles. The van der Waals surface area contributed by atoms with Crippen molar-refractivity contribution in [2.45, 2.75) is 32.3 Å². The van der Waals surface area contributed by atoms with Crippen molar-refractivity contribution >= 4 is 26.5 Å². The molecule has 0 bridgehead atoms. The fourth-order valence-corrected chi connectivity index (χ4v) is 3.95. The molecular formula is C13H15FN2O3S2. The second-order valence-electron chi connectivity index (χ2n) is 4.64. The number of thiazole rings is 1. The number of nitrogens with one attached hydrogen (secondary N) is 1. The third-order valence-corrected chi connectivity index (χ3v) is 5.47. The molecule has 0 fully saturated rings. The van der Waals surface area contributed by atoms with Crippen LogP contribution in [0.15, 0.2) is 17.0 Å². The van der Waals surface area contributed by atoms with Crippen LogP contribution in [0.25, 0.3) is 0 Å². The van der Waals surface area contributed by atoms with Crippen molar-refractivity contribution in [1.82, 2.24) is 4.98 Å². The minimum Gasteiger partial charge on any atom is -0.392 e. The second-order valence-corrected chi connectivity index (χ2v) is 7.52. The number of hydrogen-bond acceptors (Lipinski definition) is 5. The molecule has 0 atom stereocenters. The van der Waals surface area contributed by atoms with Crippen LogP contribution in [0.3, 0.4) is 0 Å². The van der Waals surface area contributed by atoms with Gasteiger partial charge >= 0.3 is 0 Å². The molecule has 0 aliphatic carbocycles. The smallest absolute Gasteiger partial charge is 0.263 e. The molecule has 0 unspecified atom stereocenters. The Bertz CT molecular complexity index is 765. The summed E-state index contributed by atoms with van der Waals surface area (Å²) in [6, 6.07) is 2.35. The summed E-state index contributed by atoms with van der Waals surface area (Å²) >= 11 is 1.23. The molecule has 0 saturated heterocycles. The molecule has 0 radical (unpaired) electrons. The van der Waals surface area contributed by atoms with Gasteiger partial charge in [0, 0.05) is 10.4 Å². The zero-order chi connectivity index (χ0) is 15.8. The van der Waals surface area contributed by atoms with Gasteiger partial charge in [-0.3, -0.25) is 4.72 Å². The van der Waals surface area contributed by atoms with Gasteiger partial charge in [0.2, 0.25) is 0 Å². The van der Waals surface area contributed by atoms with Crippen molar-refractivity contribution < 1.29 is 17.9 Å². The summed E-state index contributed by atoms with van der Waals surface area (Å²) in [5, 5.41) is 9.36. The highest BCUT2D eigenvalue weighted by molar-refractivity contribution is 7.93. The molecule has 8 heteroatoms. The van der Waals surface area contributed by atoms with E-state index in [1.807, 2.05) is 6.92 Å². The lowest BCUT2D eigenvalue weighted by Crippen LogP contribution is -2.14. The highest BCUT2D eigenvalue weighted by Crippen LogP contribution is 2.25. The van der Waals surface area contributed by atoms with Crippen LogP contribution in [0.4, 0.5) is 9.52 Å². The van der Waals surface area contributed by atoms with Crippen molar-refractivity contribution in [3.63, 3.8) is 0 Å². The maximum absolute atomic E-state index is 13.7. The van der Waals surface area contributed by atoms with Gasteiger partial charge in [-0.05, 0) is 38.5 Å². The van der Waals surface area contributed by atoms with Gasteiger partial charge < -0.3 is 5.11 Å². The van der Waals surface area contributed by atoms with Crippen LogP contribution in [0.1, 0.15) is 21.7 Å². The molecule has 5 nitrogen and oxygen atoms in total. The summed E-state index contributed by atoms with van der Waals surface area (Å²) in [6.45, 7) is 4.52. The quantitative estimate of drug-likeness (QED) is 0.903. The van der Waals surface area contributed by atoms with Crippen LogP contribution < -0.4 is 4.72 Å². The summed E-state index contributed by atoms with van der Waals surface area (Å²) in [7, 11) is -3.87. The van der Waals surface area contributed by atoms with E-state index in [0.717, 1.165) is 16.6 Å². The maximum Gasteiger partial charge on any atom is 0.263 e. The van der Waals surface area contributed by atoms with E-state index in [4.69, 9.17) is 5.11 Å². The molecule has 21 heavy (non-hydrogen) atoms. The van der Waals surface area contributed by atoms with Crippen LogP contribution in [0.5, 0.6) is 0 Å². The summed E-state index contributed by atoms with van der Waals surface area (Å²) in [5.74, 6) is -0.600. The number of aryl methyl sites for hydroxylation is 3. The minimum absolute atomic E-state index is 0.0538. The van der Waals surface area contributed by atoms with Crippen molar-refractivity contribution in [3.8, 4) is 0 Å². The topological polar surface area (TPSA) is 79.3 Å². The van der Waals surface area contributed by atoms with Crippen LogP contribution >= 0.6 is 11.3 Å². The average molecular weight is 330 g/mol. The number of benzene rings is 1. The lowest BCUT2D eigenvalue weighted by Gasteiger charge is -2.09. The van der Waals surface area contributed by atoms with Gasteiger partial charge in [0.25, 0.3) is 10.0 Å². The van der Waals surface area contributed by atoms with E-state index < -0.39 is 22.4 Å². The highest BCUT2D eigenvalue weighted by atomic mass is 32.2. The number of aromatic nitrogens is 1. The van der Waals surface area contributed by atoms with Crippen molar-refractivity contribution in [2.24, 2.45) is 0 Å². The number of hydrogen-bond donors (Lipinski definition) is 2. The van der Waals surface area contributed by atoms with E-state index in [1.165, 1.54) is 24.3 Å². The van der Waals surface area contributed by atoms with Crippen LogP contribution in [0.2, 0.25) is 0 Å². The molecule has 1 aromatic carbocycles. The Labute approximate surface area is 126 Å². The van der Waals surface area contributed by atoms with E-state index in [-0.39, 0.29) is 21.2 Å². The largest absolute Gasteiger partial charge is 0.392 e. The first-order valence-corrected chi connectivity index (χ1v) is 8.41. The Hall–Kier alpha value is -1.51. The van der Waals surface area contributed by atoms with Crippen LogP contribution in [-0.4, -0.2) is 18.5 Å². The van der Waals surface area contributed by atoms with Gasteiger partial charge in [0.05, 0.1) is 17.2 Å². The SMILES string of the molecule is Cc1cc(S(=O)(=O)Nc2nc(C)c(C)s2)cc(CO)c1F. The first-order valence-electron chi connectivity index (χ1n) is 6.11. The predicted molar refractivity (Wildman–Crippen MR) is 79.5 cm³/mol. The summed E-state index contributed by atoms with van der Waals surface area (Å²) in [6.07, 6.45) is 0. The minimum atomic E-state index is -3.87. The molecule has 2 rings (SSSR count). The van der Waals surface area contributed by atoms with Gasteiger partial charge in [-0.25, -0.2) is 17.8 Å². The number of rotatable bonds is 4. The van der Waals surface area contributed by atoms with Gasteiger partial charge in [-0.1, -0.05) is 0 Å².